The molecule has 0 heterocycles. The van der Waals surface area contributed by atoms with Gasteiger partial charge in [-0.3, -0.25) is 0 Å². The molecule has 0 aliphatic heterocycles. The van der Waals surface area contributed by atoms with Gasteiger partial charge in [-0.1, -0.05) is 0 Å². The zero-order valence-corrected chi connectivity index (χ0v) is 8.27. The molecule has 5 heteroatoms. The van der Waals surface area contributed by atoms with Crippen molar-refractivity contribution in [3.05, 3.63) is 29.8 Å². The molecule has 0 aliphatic rings. The Morgan fingerprint density at radius 3 is 2.08 bits per heavy atom. The van der Waals surface area contributed by atoms with E-state index in [9.17, 15) is 0 Å². The summed E-state index contributed by atoms with van der Waals surface area (Å²) in [5.41, 5.74) is 0.681. The van der Waals surface area contributed by atoms with Crippen LogP contribution in [-0.2, 0) is 6.16 Å². The van der Waals surface area contributed by atoms with Crippen LogP contribution in [0, 0.1) is 0 Å². The standard InChI is InChI=1S/C8H13O4P/c1-12-8-4-2-7(3-5-8)6-13(9,10)11/h2-5,9-11,13H,6H2,1H3. The number of ether oxygens (including phenoxy) is 1. The van der Waals surface area contributed by atoms with Gasteiger partial charge in [0.25, 0.3) is 0 Å². The molecule has 0 radical (unpaired) electrons. The molecule has 74 valence electrons. The number of hydrogen-bond acceptors (Lipinski definition) is 4. The van der Waals surface area contributed by atoms with Crippen molar-refractivity contribution in [3.63, 3.8) is 0 Å². The SMILES string of the molecule is COc1ccc(C[PH](O)(O)O)cc1. The minimum atomic E-state index is -3.97. The summed E-state index contributed by atoms with van der Waals surface area (Å²) in [6.45, 7) is 0. The van der Waals surface area contributed by atoms with Crippen LogP contribution < -0.4 is 4.74 Å². The number of rotatable bonds is 3. The van der Waals surface area contributed by atoms with Gasteiger partial charge in [0.15, 0.2) is 0 Å². The summed E-state index contributed by atoms with van der Waals surface area (Å²) in [6.07, 6.45) is -0.0863. The first-order valence-electron chi connectivity index (χ1n) is 3.81. The molecular formula is C8H13O4P. The third-order valence-electron chi connectivity index (χ3n) is 1.60. The van der Waals surface area contributed by atoms with E-state index in [1.54, 1.807) is 31.4 Å². The Bertz CT molecular complexity index is 264. The second kappa shape index (κ2) is 4.03. The van der Waals surface area contributed by atoms with Gasteiger partial charge in [0.2, 0.25) is 0 Å². The molecule has 0 fully saturated rings. The fourth-order valence-corrected chi connectivity index (χ4v) is 1.80. The molecule has 0 unspecified atom stereocenters. The van der Waals surface area contributed by atoms with Crippen LogP contribution in [0.1, 0.15) is 5.56 Å². The van der Waals surface area contributed by atoms with E-state index in [0.29, 0.717) is 11.3 Å². The zero-order valence-electron chi connectivity index (χ0n) is 7.27. The van der Waals surface area contributed by atoms with E-state index in [2.05, 4.69) is 0 Å². The van der Waals surface area contributed by atoms with Gasteiger partial charge in [-0.2, -0.15) is 0 Å². The first-order chi connectivity index (χ1) is 6.01. The summed E-state index contributed by atoms with van der Waals surface area (Å²) in [6, 6.07) is 6.78. The van der Waals surface area contributed by atoms with Crippen molar-refractivity contribution in [1.82, 2.24) is 0 Å². The van der Waals surface area contributed by atoms with E-state index in [0.717, 1.165) is 0 Å². The Morgan fingerprint density at radius 2 is 1.69 bits per heavy atom. The Kier molecular flexibility index (Phi) is 3.22. The van der Waals surface area contributed by atoms with Crippen molar-refractivity contribution in [2.45, 2.75) is 6.16 Å². The summed E-state index contributed by atoms with van der Waals surface area (Å²) in [5.74, 6) is 0.699. The Morgan fingerprint density at radius 1 is 1.15 bits per heavy atom. The molecule has 0 saturated carbocycles. The van der Waals surface area contributed by atoms with Gasteiger partial charge in [0, 0.05) is 0 Å². The van der Waals surface area contributed by atoms with Gasteiger partial charge in [-0.25, -0.2) is 0 Å². The molecule has 1 aromatic carbocycles. The number of hydrogen-bond donors (Lipinski definition) is 3. The molecule has 0 spiro atoms. The van der Waals surface area contributed by atoms with E-state index < -0.39 is 7.94 Å². The Labute approximate surface area is 77.0 Å². The maximum absolute atomic E-state index is 8.82. The van der Waals surface area contributed by atoms with Gasteiger partial charge >= 0.3 is 76.2 Å². The topological polar surface area (TPSA) is 69.9 Å². The van der Waals surface area contributed by atoms with Crippen LogP contribution in [0.15, 0.2) is 24.3 Å². The quantitative estimate of drug-likeness (QED) is 0.633. The van der Waals surface area contributed by atoms with Crippen LogP contribution >= 0.6 is 7.94 Å². The van der Waals surface area contributed by atoms with Crippen LogP contribution in [0.5, 0.6) is 5.75 Å². The van der Waals surface area contributed by atoms with E-state index in [1.807, 2.05) is 0 Å². The molecule has 13 heavy (non-hydrogen) atoms. The van der Waals surface area contributed by atoms with Gasteiger partial charge < -0.3 is 0 Å². The average Bonchev–Trinajstić information content (AvgIpc) is 2.03. The fourth-order valence-electron chi connectivity index (χ4n) is 1.02. The summed E-state index contributed by atoms with van der Waals surface area (Å²) < 4.78 is 4.92. The molecule has 1 rings (SSSR count). The predicted octanol–water partition coefficient (Wildman–Crippen LogP) is 0.667. The summed E-state index contributed by atoms with van der Waals surface area (Å²) >= 11 is 0. The Hall–Kier alpha value is -0.670. The number of benzene rings is 1. The Balaban J connectivity index is 2.70. The van der Waals surface area contributed by atoms with E-state index >= 15 is 0 Å². The third-order valence-corrected chi connectivity index (χ3v) is 2.48. The number of methoxy groups -OCH3 is 1. The van der Waals surface area contributed by atoms with E-state index in [-0.39, 0.29) is 6.16 Å². The zero-order chi connectivity index (χ0) is 9.90. The molecule has 0 saturated heterocycles. The van der Waals surface area contributed by atoms with Gasteiger partial charge in [0.05, 0.1) is 0 Å². The van der Waals surface area contributed by atoms with Gasteiger partial charge in [-0.05, 0) is 0 Å². The maximum atomic E-state index is 8.82. The molecular weight excluding hydrogens is 191 g/mol. The molecule has 3 N–H and O–H groups in total. The fraction of sp³-hybridized carbons (Fsp3) is 0.250. The van der Waals surface area contributed by atoms with E-state index in [1.165, 1.54) is 0 Å². The van der Waals surface area contributed by atoms with Crippen LogP contribution in [0.3, 0.4) is 0 Å². The molecule has 0 bridgehead atoms. The average molecular weight is 204 g/mol. The predicted molar refractivity (Wildman–Crippen MR) is 51.7 cm³/mol. The van der Waals surface area contributed by atoms with Crippen LogP contribution in [0.2, 0.25) is 0 Å². The summed E-state index contributed by atoms with van der Waals surface area (Å²) in [7, 11) is -2.41. The van der Waals surface area contributed by atoms with Crippen molar-refractivity contribution in [1.29, 1.82) is 0 Å². The molecule has 0 aliphatic carbocycles. The van der Waals surface area contributed by atoms with Crippen LogP contribution in [0.25, 0.3) is 0 Å². The van der Waals surface area contributed by atoms with Crippen molar-refractivity contribution in [2.75, 3.05) is 7.11 Å². The minimum absolute atomic E-state index is 0.0863. The van der Waals surface area contributed by atoms with Crippen molar-refractivity contribution >= 4 is 7.94 Å². The monoisotopic (exact) mass is 204 g/mol. The normalized spacial score (nSPS) is 12.6. The van der Waals surface area contributed by atoms with Crippen LogP contribution in [0.4, 0.5) is 0 Å². The van der Waals surface area contributed by atoms with Gasteiger partial charge in [0.1, 0.15) is 0 Å². The van der Waals surface area contributed by atoms with Crippen molar-refractivity contribution in [2.24, 2.45) is 0 Å². The molecule has 4 nitrogen and oxygen atoms in total. The molecule has 1 aromatic rings. The third kappa shape index (κ3) is 3.70. The van der Waals surface area contributed by atoms with Crippen LogP contribution in [-0.4, -0.2) is 21.8 Å². The van der Waals surface area contributed by atoms with Crippen molar-refractivity contribution < 1.29 is 19.4 Å². The molecule has 0 amide bonds. The van der Waals surface area contributed by atoms with E-state index in [4.69, 9.17) is 19.4 Å². The molecule has 0 atom stereocenters. The summed E-state index contributed by atoms with van der Waals surface area (Å²) in [5, 5.41) is 0. The first kappa shape index (κ1) is 10.4. The van der Waals surface area contributed by atoms with Crippen molar-refractivity contribution in [3.8, 4) is 5.75 Å². The second-order valence-corrected chi connectivity index (χ2v) is 4.70. The summed E-state index contributed by atoms with van der Waals surface area (Å²) in [4.78, 5) is 26.4. The first-order valence-corrected chi connectivity index (χ1v) is 5.86. The molecule has 0 aromatic heterocycles. The van der Waals surface area contributed by atoms with Gasteiger partial charge in [-0.15, -0.1) is 0 Å². The second-order valence-electron chi connectivity index (χ2n) is 2.80.